The first-order chi connectivity index (χ1) is 30.3. The monoisotopic (exact) mass is 796 g/mol. The van der Waals surface area contributed by atoms with Gasteiger partial charge in [-0.15, -0.1) is 11.3 Å². The van der Waals surface area contributed by atoms with Gasteiger partial charge < -0.3 is 14.2 Å². The van der Waals surface area contributed by atoms with Crippen molar-refractivity contribution in [2.24, 2.45) is 0 Å². The minimum Gasteiger partial charge on any atom is -0.459 e. The van der Waals surface area contributed by atoms with Crippen LogP contribution in [0.15, 0.2) is 223 Å². The van der Waals surface area contributed by atoms with Gasteiger partial charge in [0.15, 0.2) is 0 Å². The second-order valence-corrected chi connectivity index (χ2v) is 17.0. The molecule has 1 atom stereocenters. The van der Waals surface area contributed by atoms with Gasteiger partial charge in [-0.3, -0.25) is 0 Å². The molecule has 0 N–H and O–H groups in total. The summed E-state index contributed by atoms with van der Waals surface area (Å²) in [5, 5.41) is 3.68. The summed E-state index contributed by atoms with van der Waals surface area (Å²) in [7, 11) is 0. The Morgan fingerprint density at radius 1 is 0.361 bits per heavy atom. The number of rotatable bonds is 6. The van der Waals surface area contributed by atoms with E-state index in [1.807, 2.05) is 11.3 Å². The van der Waals surface area contributed by atoms with E-state index in [-0.39, 0.29) is 0 Å². The minimum absolute atomic E-state index is 0.730. The highest BCUT2D eigenvalue weighted by atomic mass is 32.1. The minimum atomic E-state index is -0.730. The van der Waals surface area contributed by atoms with Crippen molar-refractivity contribution in [3.63, 3.8) is 0 Å². The second-order valence-electron chi connectivity index (χ2n) is 15.9. The first-order valence-electron chi connectivity index (χ1n) is 20.9. The maximum Gasteiger partial charge on any atom is 0.135 e. The Kier molecular flexibility index (Phi) is 7.39. The van der Waals surface area contributed by atoms with Crippen LogP contribution in [-0.4, -0.2) is 0 Å². The number of furan rings is 1. The van der Waals surface area contributed by atoms with Gasteiger partial charge in [-0.2, -0.15) is 0 Å². The molecule has 0 amide bonds. The van der Waals surface area contributed by atoms with E-state index in [0.29, 0.717) is 0 Å². The molecule has 2 aliphatic rings. The zero-order chi connectivity index (χ0) is 40.1. The van der Waals surface area contributed by atoms with E-state index in [2.05, 4.69) is 228 Å². The van der Waals surface area contributed by atoms with E-state index >= 15 is 0 Å². The summed E-state index contributed by atoms with van der Waals surface area (Å²) in [6.45, 7) is 0. The van der Waals surface area contributed by atoms with Crippen molar-refractivity contribution in [2.45, 2.75) is 5.41 Å². The van der Waals surface area contributed by atoms with Crippen LogP contribution in [0.5, 0.6) is 0 Å². The summed E-state index contributed by atoms with van der Waals surface area (Å²) >= 11 is 1.87. The SMILES string of the molecule is c1ccc(N(c2ccccc2)c2cccc3c2-c2c(oc4ccccc24)C32c3ccccc3-c3c(N(c4ccccc4)c4cccc5c4sc4ccccc45)cccc32)cc1. The number of hydrogen-bond donors (Lipinski definition) is 0. The molecule has 1 unspecified atom stereocenters. The number of hydrogen-bond acceptors (Lipinski definition) is 4. The lowest BCUT2D eigenvalue weighted by Crippen LogP contribution is -2.26. The lowest BCUT2D eigenvalue weighted by atomic mass is 9.73. The lowest BCUT2D eigenvalue weighted by Gasteiger charge is -2.31. The fourth-order valence-corrected chi connectivity index (χ4v) is 11.7. The van der Waals surface area contributed by atoms with E-state index in [4.69, 9.17) is 4.42 Å². The molecule has 61 heavy (non-hydrogen) atoms. The molecule has 0 saturated carbocycles. The van der Waals surface area contributed by atoms with Crippen molar-refractivity contribution >= 4 is 76.6 Å². The molecule has 9 aromatic carbocycles. The molecule has 1 spiro atoms. The first kappa shape index (κ1) is 34.2. The van der Waals surface area contributed by atoms with Crippen molar-refractivity contribution < 1.29 is 4.42 Å². The lowest BCUT2D eigenvalue weighted by molar-refractivity contribution is 0.507. The van der Waals surface area contributed by atoms with Crippen molar-refractivity contribution in [3.05, 3.63) is 241 Å². The number of thiophene rings is 1. The third-order valence-corrected chi connectivity index (χ3v) is 14.0. The molecule has 0 bridgehead atoms. The highest BCUT2D eigenvalue weighted by Gasteiger charge is 2.56. The van der Waals surface area contributed by atoms with Crippen LogP contribution in [0.2, 0.25) is 0 Å². The number of fused-ring (bicyclic) bond motifs is 15. The molecule has 3 nitrogen and oxygen atoms in total. The largest absolute Gasteiger partial charge is 0.459 e. The fraction of sp³-hybridized carbons (Fsp3) is 0.0175. The number of nitrogens with zero attached hydrogens (tertiary/aromatic N) is 2. The molecule has 0 aliphatic heterocycles. The Balaban J connectivity index is 1.14. The summed E-state index contributed by atoms with van der Waals surface area (Å²) < 4.78 is 9.88. The average Bonchev–Trinajstić information content (AvgIpc) is 4.06. The normalized spacial score (nSPS) is 14.6. The molecule has 0 saturated heterocycles. The molecule has 286 valence electrons. The molecule has 4 heteroatoms. The van der Waals surface area contributed by atoms with Crippen LogP contribution in [0.4, 0.5) is 34.1 Å². The molecule has 11 aromatic rings. The summed E-state index contributed by atoms with van der Waals surface area (Å²) in [6.07, 6.45) is 0. The summed E-state index contributed by atoms with van der Waals surface area (Å²) in [4.78, 5) is 4.90. The topological polar surface area (TPSA) is 19.6 Å². The number of para-hydroxylation sites is 4. The average molecular weight is 797 g/mol. The zero-order valence-electron chi connectivity index (χ0n) is 33.0. The molecular weight excluding hydrogens is 761 g/mol. The standard InChI is InChI=1S/C57H36N2OS/c1-4-19-37(20-5-1)58(38-21-6-2-7-22-38)48-33-18-31-46-54(48)53-43-27-11-14-35-50(43)60-56(53)57(46)44-29-13-10-26-42(44)52-45(57)30-17-32-47(52)59(39-23-8-3-9-24-39)49-34-16-28-41-40-25-12-15-36-51(40)61-55(41)49/h1-36H. The van der Waals surface area contributed by atoms with Crippen molar-refractivity contribution in [1.29, 1.82) is 0 Å². The fourth-order valence-electron chi connectivity index (χ4n) is 10.5. The second kappa shape index (κ2) is 13.2. The van der Waals surface area contributed by atoms with Gasteiger partial charge in [-0.05, 0) is 89.0 Å². The van der Waals surface area contributed by atoms with Crippen molar-refractivity contribution in [2.75, 3.05) is 9.80 Å². The van der Waals surface area contributed by atoms with E-state index in [9.17, 15) is 0 Å². The Morgan fingerprint density at radius 2 is 0.869 bits per heavy atom. The smallest absolute Gasteiger partial charge is 0.135 e. The molecule has 13 rings (SSSR count). The van der Waals surface area contributed by atoms with Gasteiger partial charge in [0, 0.05) is 54.6 Å². The first-order valence-corrected chi connectivity index (χ1v) is 21.7. The number of benzene rings is 9. The maximum absolute atomic E-state index is 7.32. The molecular formula is C57H36N2OS. The van der Waals surface area contributed by atoms with E-state index in [1.54, 1.807) is 0 Å². The molecule has 0 radical (unpaired) electrons. The van der Waals surface area contributed by atoms with Crippen LogP contribution in [-0.2, 0) is 5.41 Å². The third kappa shape index (κ3) is 4.74. The van der Waals surface area contributed by atoms with Crippen LogP contribution < -0.4 is 9.80 Å². The van der Waals surface area contributed by atoms with Crippen molar-refractivity contribution in [3.8, 4) is 22.3 Å². The van der Waals surface area contributed by atoms with Gasteiger partial charge in [-0.1, -0.05) is 152 Å². The van der Waals surface area contributed by atoms with Gasteiger partial charge in [0.05, 0.1) is 21.8 Å². The van der Waals surface area contributed by atoms with Gasteiger partial charge >= 0.3 is 0 Å². The predicted octanol–water partition coefficient (Wildman–Crippen LogP) is 16.1. The van der Waals surface area contributed by atoms with E-state index in [0.717, 1.165) is 56.4 Å². The van der Waals surface area contributed by atoms with Crippen LogP contribution in [0, 0.1) is 0 Å². The van der Waals surface area contributed by atoms with E-state index in [1.165, 1.54) is 53.6 Å². The summed E-state index contributed by atoms with van der Waals surface area (Å²) in [5.74, 6) is 0.971. The molecule has 2 aliphatic carbocycles. The predicted molar refractivity (Wildman–Crippen MR) is 255 cm³/mol. The third-order valence-electron chi connectivity index (χ3n) is 12.8. The highest BCUT2D eigenvalue weighted by molar-refractivity contribution is 7.26. The maximum atomic E-state index is 7.32. The van der Waals surface area contributed by atoms with Crippen molar-refractivity contribution in [1.82, 2.24) is 0 Å². The Hall–Kier alpha value is -7.66. The van der Waals surface area contributed by atoms with Crippen LogP contribution in [0.25, 0.3) is 53.4 Å². The summed E-state index contributed by atoms with van der Waals surface area (Å²) in [6, 6.07) is 79.3. The Bertz CT molecular complexity index is 3460. The number of anilines is 6. The Morgan fingerprint density at radius 3 is 1.59 bits per heavy atom. The quantitative estimate of drug-likeness (QED) is 0.167. The van der Waals surface area contributed by atoms with Crippen LogP contribution in [0.3, 0.4) is 0 Å². The van der Waals surface area contributed by atoms with E-state index < -0.39 is 5.41 Å². The highest BCUT2D eigenvalue weighted by Crippen LogP contribution is 2.68. The van der Waals surface area contributed by atoms with Crippen LogP contribution >= 0.6 is 11.3 Å². The van der Waals surface area contributed by atoms with Gasteiger partial charge in [-0.25, -0.2) is 0 Å². The Labute approximate surface area is 357 Å². The van der Waals surface area contributed by atoms with Gasteiger partial charge in [0.25, 0.3) is 0 Å². The molecule has 2 heterocycles. The van der Waals surface area contributed by atoms with Gasteiger partial charge in [0.1, 0.15) is 16.8 Å². The van der Waals surface area contributed by atoms with Crippen LogP contribution in [0.1, 0.15) is 22.5 Å². The summed E-state index contributed by atoms with van der Waals surface area (Å²) in [5.41, 5.74) is 15.3. The zero-order valence-corrected chi connectivity index (χ0v) is 33.8. The molecule has 2 aromatic heterocycles. The van der Waals surface area contributed by atoms with Gasteiger partial charge in [0.2, 0.25) is 0 Å². The molecule has 0 fully saturated rings.